The number of hydrogen-bond donors (Lipinski definition) is 0. The number of likely N-dealkylation sites (N-methyl/N-ethyl adjacent to an activating group) is 1. The maximum Gasteiger partial charge on any atom is 0.214 e. The molecule has 1 aliphatic heterocycles. The van der Waals surface area contributed by atoms with E-state index in [1.54, 1.807) is 25.6 Å². The molecule has 0 N–H and O–H groups in total. The Morgan fingerprint density at radius 2 is 1.83 bits per heavy atom. The maximum atomic E-state index is 5.42. The summed E-state index contributed by atoms with van der Waals surface area (Å²) in [4.78, 5) is 10.4. The zero-order valence-electron chi connectivity index (χ0n) is 18.0. The van der Waals surface area contributed by atoms with Crippen LogP contribution in [0.5, 0.6) is 11.5 Å². The molecule has 1 fully saturated rings. The van der Waals surface area contributed by atoms with E-state index in [0.29, 0.717) is 6.04 Å². The quantitative estimate of drug-likeness (QED) is 0.631. The van der Waals surface area contributed by atoms with Crippen LogP contribution in [0, 0.1) is 0 Å². The smallest absolute Gasteiger partial charge is 0.214 e. The summed E-state index contributed by atoms with van der Waals surface area (Å²) in [6.45, 7) is 8.44. The molecule has 0 aliphatic carbocycles. The highest BCUT2D eigenvalue weighted by atomic mass is 32.1. The van der Waals surface area contributed by atoms with E-state index in [4.69, 9.17) is 19.6 Å². The van der Waals surface area contributed by atoms with Crippen LogP contribution in [-0.2, 0) is 5.41 Å². The molecule has 29 heavy (non-hydrogen) atoms. The van der Waals surface area contributed by atoms with Gasteiger partial charge in [-0.2, -0.15) is 0 Å². The Morgan fingerprint density at radius 1 is 1.14 bits per heavy atom. The van der Waals surface area contributed by atoms with Gasteiger partial charge in [-0.15, -0.1) is 5.10 Å². The van der Waals surface area contributed by atoms with Gasteiger partial charge >= 0.3 is 0 Å². The maximum absolute atomic E-state index is 5.42. The number of benzene rings is 1. The molecule has 3 aromatic rings. The molecule has 2 aromatic heterocycles. The number of aromatic nitrogens is 3. The molecule has 3 heterocycles. The average Bonchev–Trinajstić information content (AvgIpc) is 3.40. The monoisotopic (exact) mass is 415 g/mol. The molecule has 1 unspecified atom stereocenters. The molecule has 0 saturated carbocycles. The highest BCUT2D eigenvalue weighted by molar-refractivity contribution is 7.20. The highest BCUT2D eigenvalue weighted by Gasteiger charge is 2.29. The Labute approximate surface area is 175 Å². The summed E-state index contributed by atoms with van der Waals surface area (Å²) in [6, 6.07) is 6.43. The van der Waals surface area contributed by atoms with Gasteiger partial charge in [-0.1, -0.05) is 32.1 Å². The van der Waals surface area contributed by atoms with Gasteiger partial charge in [-0.05, 0) is 6.42 Å². The third-order valence-corrected chi connectivity index (χ3v) is 6.53. The zero-order valence-corrected chi connectivity index (χ0v) is 18.8. The summed E-state index contributed by atoms with van der Waals surface area (Å²) in [5, 5.41) is 5.79. The van der Waals surface area contributed by atoms with Crippen LogP contribution in [-0.4, -0.2) is 55.0 Å². The van der Waals surface area contributed by atoms with Crippen LogP contribution in [0.3, 0.4) is 0 Å². The fourth-order valence-corrected chi connectivity index (χ4v) is 4.53. The lowest BCUT2D eigenvalue weighted by Gasteiger charge is -2.25. The van der Waals surface area contributed by atoms with Crippen molar-refractivity contribution in [3.05, 3.63) is 30.1 Å². The lowest BCUT2D eigenvalue weighted by Crippen LogP contribution is -2.34. The highest BCUT2D eigenvalue weighted by Crippen LogP contribution is 2.33. The minimum absolute atomic E-state index is 0.0310. The van der Waals surface area contributed by atoms with Crippen molar-refractivity contribution in [1.82, 2.24) is 14.6 Å². The van der Waals surface area contributed by atoms with E-state index < -0.39 is 0 Å². The summed E-state index contributed by atoms with van der Waals surface area (Å²) in [5.41, 5.74) is 2.23. The molecular formula is C21H29N5O2S. The van der Waals surface area contributed by atoms with Gasteiger partial charge in [0, 0.05) is 49.4 Å². The van der Waals surface area contributed by atoms with Crippen molar-refractivity contribution < 1.29 is 9.47 Å². The Bertz CT molecular complexity index is 953. The molecule has 1 saturated heterocycles. The first kappa shape index (κ1) is 19.8. The number of fused-ring (bicyclic) bond motifs is 1. The first-order valence-electron chi connectivity index (χ1n) is 9.86. The second-order valence-electron chi connectivity index (χ2n) is 8.56. The number of rotatable bonds is 5. The molecule has 7 nitrogen and oxygen atoms in total. The van der Waals surface area contributed by atoms with Crippen molar-refractivity contribution in [3.63, 3.8) is 0 Å². The van der Waals surface area contributed by atoms with E-state index in [2.05, 4.69) is 49.8 Å². The van der Waals surface area contributed by atoms with Gasteiger partial charge in [-0.25, -0.2) is 9.50 Å². The third kappa shape index (κ3) is 3.85. The van der Waals surface area contributed by atoms with Gasteiger partial charge < -0.3 is 19.3 Å². The number of methoxy groups -OCH3 is 2. The second-order valence-corrected chi connectivity index (χ2v) is 9.49. The molecule has 156 valence electrons. The molecular weight excluding hydrogens is 386 g/mol. The normalized spacial score (nSPS) is 17.2. The predicted molar refractivity (Wildman–Crippen MR) is 118 cm³/mol. The SMILES string of the molecule is COc1cc(OC)cc(N2CCC(N(C)c3nn4cc(C(C)(C)C)nc4s3)C2)c1. The molecule has 0 bridgehead atoms. The molecule has 1 aromatic carbocycles. The Kier molecular flexibility index (Phi) is 5.06. The van der Waals surface area contributed by atoms with Crippen LogP contribution in [0.2, 0.25) is 0 Å². The lowest BCUT2D eigenvalue weighted by molar-refractivity contribution is 0.394. The van der Waals surface area contributed by atoms with E-state index in [-0.39, 0.29) is 5.41 Å². The fourth-order valence-electron chi connectivity index (χ4n) is 3.62. The molecule has 1 aliphatic rings. The first-order chi connectivity index (χ1) is 13.8. The zero-order chi connectivity index (χ0) is 20.8. The van der Waals surface area contributed by atoms with Crippen molar-refractivity contribution >= 4 is 27.1 Å². The molecule has 1 atom stereocenters. The topological polar surface area (TPSA) is 55.1 Å². The van der Waals surface area contributed by atoms with E-state index in [9.17, 15) is 0 Å². The average molecular weight is 416 g/mol. The van der Waals surface area contributed by atoms with Gasteiger partial charge in [0.25, 0.3) is 0 Å². The van der Waals surface area contributed by atoms with E-state index in [0.717, 1.165) is 52.5 Å². The minimum atomic E-state index is 0.0310. The van der Waals surface area contributed by atoms with Gasteiger partial charge in [0.1, 0.15) is 11.5 Å². The molecule has 8 heteroatoms. The van der Waals surface area contributed by atoms with Crippen molar-refractivity contribution in [2.24, 2.45) is 0 Å². The number of anilines is 2. The predicted octanol–water partition coefficient (Wildman–Crippen LogP) is 3.82. The van der Waals surface area contributed by atoms with Crippen molar-refractivity contribution in [1.29, 1.82) is 0 Å². The minimum Gasteiger partial charge on any atom is -0.497 e. The summed E-state index contributed by atoms with van der Waals surface area (Å²) in [6.07, 6.45) is 3.12. The van der Waals surface area contributed by atoms with Crippen LogP contribution in [0.15, 0.2) is 24.4 Å². The van der Waals surface area contributed by atoms with Crippen LogP contribution < -0.4 is 19.3 Å². The number of nitrogens with zero attached hydrogens (tertiary/aromatic N) is 5. The number of hydrogen-bond acceptors (Lipinski definition) is 7. The molecule has 0 amide bonds. The molecule has 4 rings (SSSR count). The summed E-state index contributed by atoms with van der Waals surface area (Å²) in [7, 11) is 5.50. The summed E-state index contributed by atoms with van der Waals surface area (Å²) >= 11 is 1.65. The van der Waals surface area contributed by atoms with Crippen LogP contribution in [0.1, 0.15) is 32.9 Å². The Hall–Kier alpha value is -2.48. The van der Waals surface area contributed by atoms with Crippen LogP contribution >= 0.6 is 11.3 Å². The summed E-state index contributed by atoms with van der Waals surface area (Å²) < 4.78 is 12.8. The van der Waals surface area contributed by atoms with Crippen LogP contribution in [0.4, 0.5) is 10.8 Å². The first-order valence-corrected chi connectivity index (χ1v) is 10.7. The van der Waals surface area contributed by atoms with Crippen molar-refractivity contribution in [2.75, 3.05) is 44.2 Å². The number of imidazole rings is 1. The van der Waals surface area contributed by atoms with Crippen LogP contribution in [0.25, 0.3) is 4.96 Å². The standard InChI is InChI=1S/C21H29N5O2S/c1-21(2,3)18-13-26-19(22-18)29-20(23-26)24(4)14-7-8-25(12-14)15-9-16(27-5)11-17(10-15)28-6/h9-11,13-14H,7-8,12H2,1-6H3. The van der Waals surface area contributed by atoms with Gasteiger partial charge in [0.05, 0.1) is 32.2 Å². The van der Waals surface area contributed by atoms with E-state index in [1.165, 1.54) is 0 Å². The fraction of sp³-hybridized carbons (Fsp3) is 0.524. The van der Waals surface area contributed by atoms with Gasteiger partial charge in [-0.3, -0.25) is 0 Å². The lowest BCUT2D eigenvalue weighted by atomic mass is 9.93. The van der Waals surface area contributed by atoms with E-state index in [1.807, 2.05) is 16.8 Å². The Morgan fingerprint density at radius 3 is 2.41 bits per heavy atom. The van der Waals surface area contributed by atoms with E-state index >= 15 is 0 Å². The summed E-state index contributed by atoms with van der Waals surface area (Å²) in [5.74, 6) is 1.62. The Balaban J connectivity index is 1.50. The molecule has 0 spiro atoms. The van der Waals surface area contributed by atoms with Crippen molar-refractivity contribution in [3.8, 4) is 11.5 Å². The number of ether oxygens (including phenoxy) is 2. The molecule has 0 radical (unpaired) electrons. The largest absolute Gasteiger partial charge is 0.497 e. The third-order valence-electron chi connectivity index (χ3n) is 5.52. The second kappa shape index (κ2) is 7.40. The van der Waals surface area contributed by atoms with Gasteiger partial charge in [0.15, 0.2) is 0 Å². The van der Waals surface area contributed by atoms with Gasteiger partial charge in [0.2, 0.25) is 10.1 Å². The van der Waals surface area contributed by atoms with Crippen molar-refractivity contribution in [2.45, 2.75) is 38.6 Å².